The molecule has 52 valence electrons. The summed E-state index contributed by atoms with van der Waals surface area (Å²) in [5, 5.41) is 0. The Balaban J connectivity index is 3.32. The van der Waals surface area contributed by atoms with E-state index < -0.39 is 12.5 Å². The van der Waals surface area contributed by atoms with Crippen LogP contribution in [0.3, 0.4) is 0 Å². The largest absolute Gasteiger partial charge is 0.501 e. The second-order valence-corrected chi connectivity index (χ2v) is 1.36. The molecule has 0 saturated carbocycles. The van der Waals surface area contributed by atoms with E-state index in [0.29, 0.717) is 6.61 Å². The zero-order valence-corrected chi connectivity index (χ0v) is 5.26. The Hall–Kier alpha value is -0.860. The SMILES string of the molecule is CCOC=CC(=O)CF. The Labute approximate surface area is 53.3 Å². The van der Waals surface area contributed by atoms with E-state index in [1.54, 1.807) is 6.92 Å². The first-order chi connectivity index (χ1) is 4.31. The van der Waals surface area contributed by atoms with Gasteiger partial charge in [0.15, 0.2) is 12.5 Å². The highest BCUT2D eigenvalue weighted by Crippen LogP contribution is 1.80. The van der Waals surface area contributed by atoms with Crippen LogP contribution >= 0.6 is 0 Å². The molecular weight excluding hydrogens is 123 g/mol. The third-order valence-corrected chi connectivity index (χ3v) is 0.649. The molecule has 0 rings (SSSR count). The first-order valence-corrected chi connectivity index (χ1v) is 2.68. The molecule has 0 aliphatic carbocycles. The normalized spacial score (nSPS) is 10.0. The number of carbonyl (C=O) groups excluding carboxylic acids is 1. The second-order valence-electron chi connectivity index (χ2n) is 1.36. The van der Waals surface area contributed by atoms with Gasteiger partial charge in [0, 0.05) is 6.08 Å². The van der Waals surface area contributed by atoms with E-state index in [1.165, 1.54) is 6.26 Å². The average Bonchev–Trinajstić information content (AvgIpc) is 1.89. The minimum absolute atomic E-state index is 0.496. The highest BCUT2D eigenvalue weighted by atomic mass is 19.1. The minimum atomic E-state index is -0.955. The number of hydrogen-bond acceptors (Lipinski definition) is 2. The molecule has 2 nitrogen and oxygen atoms in total. The molecule has 0 N–H and O–H groups in total. The number of ketones is 1. The van der Waals surface area contributed by atoms with Crippen molar-refractivity contribution in [2.45, 2.75) is 6.92 Å². The Morgan fingerprint density at radius 1 is 1.78 bits per heavy atom. The number of hydrogen-bond donors (Lipinski definition) is 0. The van der Waals surface area contributed by atoms with Gasteiger partial charge in [-0.1, -0.05) is 0 Å². The Bertz CT molecular complexity index is 110. The molecule has 0 unspecified atom stereocenters. The van der Waals surface area contributed by atoms with E-state index >= 15 is 0 Å². The quantitative estimate of drug-likeness (QED) is 0.422. The number of alkyl halides is 1. The molecule has 0 aliphatic heterocycles. The molecule has 0 fully saturated rings. The summed E-state index contributed by atoms with van der Waals surface area (Å²) >= 11 is 0. The lowest BCUT2D eigenvalue weighted by molar-refractivity contribution is -0.115. The number of rotatable bonds is 4. The molecule has 0 spiro atoms. The van der Waals surface area contributed by atoms with Crippen LogP contribution in [0.25, 0.3) is 0 Å². The van der Waals surface area contributed by atoms with E-state index in [1.807, 2.05) is 0 Å². The van der Waals surface area contributed by atoms with Crippen LogP contribution in [0.15, 0.2) is 12.3 Å². The fourth-order valence-corrected chi connectivity index (χ4v) is 0.265. The van der Waals surface area contributed by atoms with Gasteiger partial charge in [-0.2, -0.15) is 0 Å². The van der Waals surface area contributed by atoms with E-state index in [9.17, 15) is 9.18 Å². The van der Waals surface area contributed by atoms with Gasteiger partial charge in [0.2, 0.25) is 0 Å². The summed E-state index contributed by atoms with van der Waals surface area (Å²) in [6, 6.07) is 0. The molecule has 0 amide bonds. The summed E-state index contributed by atoms with van der Waals surface area (Å²) in [4.78, 5) is 10.1. The molecule has 0 heterocycles. The number of halogens is 1. The topological polar surface area (TPSA) is 26.3 Å². The van der Waals surface area contributed by atoms with Crippen molar-refractivity contribution in [3.63, 3.8) is 0 Å². The first kappa shape index (κ1) is 8.14. The Morgan fingerprint density at radius 2 is 2.44 bits per heavy atom. The third-order valence-electron chi connectivity index (χ3n) is 0.649. The third kappa shape index (κ3) is 5.00. The molecule has 0 aliphatic rings. The summed E-state index contributed by atoms with van der Waals surface area (Å²) in [7, 11) is 0. The maximum Gasteiger partial charge on any atom is 0.189 e. The van der Waals surface area contributed by atoms with Gasteiger partial charge in [0.05, 0.1) is 12.9 Å². The first-order valence-electron chi connectivity index (χ1n) is 2.68. The molecular formula is C6H9FO2. The van der Waals surface area contributed by atoms with Crippen LogP contribution in [0.2, 0.25) is 0 Å². The van der Waals surface area contributed by atoms with Crippen molar-refractivity contribution in [2.75, 3.05) is 13.3 Å². The van der Waals surface area contributed by atoms with Crippen LogP contribution in [-0.4, -0.2) is 19.1 Å². The summed E-state index contributed by atoms with van der Waals surface area (Å²) in [5.41, 5.74) is 0. The van der Waals surface area contributed by atoms with Crippen LogP contribution in [0.5, 0.6) is 0 Å². The molecule has 0 atom stereocenters. The van der Waals surface area contributed by atoms with Crippen molar-refractivity contribution in [1.82, 2.24) is 0 Å². The van der Waals surface area contributed by atoms with Crippen LogP contribution in [0, 0.1) is 0 Å². The molecule has 0 aromatic carbocycles. The van der Waals surface area contributed by atoms with Crippen molar-refractivity contribution in [2.24, 2.45) is 0 Å². The minimum Gasteiger partial charge on any atom is -0.501 e. The monoisotopic (exact) mass is 132 g/mol. The number of allylic oxidation sites excluding steroid dienone is 1. The van der Waals surface area contributed by atoms with Gasteiger partial charge in [0.1, 0.15) is 0 Å². The van der Waals surface area contributed by atoms with Crippen molar-refractivity contribution >= 4 is 5.78 Å². The van der Waals surface area contributed by atoms with Crippen LogP contribution in [0.4, 0.5) is 4.39 Å². The van der Waals surface area contributed by atoms with E-state index in [2.05, 4.69) is 4.74 Å². The highest BCUT2D eigenvalue weighted by Gasteiger charge is 1.90. The smallest absolute Gasteiger partial charge is 0.189 e. The van der Waals surface area contributed by atoms with Crippen molar-refractivity contribution in [3.8, 4) is 0 Å². The van der Waals surface area contributed by atoms with Crippen LogP contribution < -0.4 is 0 Å². The number of carbonyl (C=O) groups is 1. The molecule has 3 heteroatoms. The van der Waals surface area contributed by atoms with Gasteiger partial charge in [0.25, 0.3) is 0 Å². The molecule has 0 saturated heterocycles. The van der Waals surface area contributed by atoms with Gasteiger partial charge < -0.3 is 4.74 Å². The van der Waals surface area contributed by atoms with Gasteiger partial charge in [-0.25, -0.2) is 4.39 Å². The maximum absolute atomic E-state index is 11.4. The maximum atomic E-state index is 11.4. The summed E-state index contributed by atoms with van der Waals surface area (Å²) in [6.07, 6.45) is 2.27. The van der Waals surface area contributed by atoms with Crippen molar-refractivity contribution in [1.29, 1.82) is 0 Å². The van der Waals surface area contributed by atoms with Crippen molar-refractivity contribution < 1.29 is 13.9 Å². The highest BCUT2D eigenvalue weighted by molar-refractivity contribution is 5.90. The molecule has 0 aromatic heterocycles. The standard InChI is InChI=1S/C6H9FO2/c1-2-9-4-3-6(8)5-7/h3-4H,2,5H2,1H3. The van der Waals surface area contributed by atoms with E-state index in [-0.39, 0.29) is 0 Å². The second kappa shape index (κ2) is 5.28. The molecule has 9 heavy (non-hydrogen) atoms. The predicted molar refractivity (Wildman–Crippen MR) is 31.7 cm³/mol. The van der Waals surface area contributed by atoms with E-state index in [4.69, 9.17) is 0 Å². The zero-order valence-electron chi connectivity index (χ0n) is 5.26. The molecule has 0 aromatic rings. The van der Waals surface area contributed by atoms with Gasteiger partial charge in [-0.3, -0.25) is 4.79 Å². The fraction of sp³-hybridized carbons (Fsp3) is 0.500. The van der Waals surface area contributed by atoms with E-state index in [0.717, 1.165) is 6.08 Å². The van der Waals surface area contributed by atoms with Crippen LogP contribution in [-0.2, 0) is 9.53 Å². The predicted octanol–water partition coefficient (Wildman–Crippen LogP) is 1.08. The van der Waals surface area contributed by atoms with Gasteiger partial charge in [-0.05, 0) is 6.92 Å². The van der Waals surface area contributed by atoms with Crippen molar-refractivity contribution in [3.05, 3.63) is 12.3 Å². The zero-order chi connectivity index (χ0) is 7.11. The lowest BCUT2D eigenvalue weighted by Crippen LogP contribution is -1.93. The molecule has 0 radical (unpaired) electrons. The van der Waals surface area contributed by atoms with Gasteiger partial charge in [-0.15, -0.1) is 0 Å². The summed E-state index contributed by atoms with van der Waals surface area (Å²) in [5.74, 6) is -0.566. The van der Waals surface area contributed by atoms with Gasteiger partial charge >= 0.3 is 0 Å². The summed E-state index contributed by atoms with van der Waals surface area (Å²) in [6.45, 7) is 1.32. The summed E-state index contributed by atoms with van der Waals surface area (Å²) < 4.78 is 16.0. The van der Waals surface area contributed by atoms with Crippen LogP contribution in [0.1, 0.15) is 6.92 Å². The average molecular weight is 132 g/mol. The number of ether oxygens (including phenoxy) is 1. The Morgan fingerprint density at radius 3 is 2.89 bits per heavy atom. The lowest BCUT2D eigenvalue weighted by atomic mass is 10.4. The lowest BCUT2D eigenvalue weighted by Gasteiger charge is -1.89. The Kier molecular flexibility index (Phi) is 4.78. The fourth-order valence-electron chi connectivity index (χ4n) is 0.265. The molecule has 0 bridgehead atoms.